The number of hydrogen-bond donors (Lipinski definition) is 0. The second kappa shape index (κ2) is 14.3. The zero-order valence-corrected chi connectivity index (χ0v) is 37.3. The Morgan fingerprint density at radius 1 is 0.284 bits per heavy atom. The van der Waals surface area contributed by atoms with Crippen LogP contribution in [-0.4, -0.2) is 9.13 Å². The van der Waals surface area contributed by atoms with E-state index in [1.807, 2.05) is 0 Å². The molecule has 0 saturated heterocycles. The summed E-state index contributed by atoms with van der Waals surface area (Å²) >= 11 is 0. The Hall–Kier alpha value is -8.46. The molecule has 13 aromatic rings. The first-order valence-corrected chi connectivity index (χ1v) is 23.4. The summed E-state index contributed by atoms with van der Waals surface area (Å²) < 4.78 is 4.70. The van der Waals surface area contributed by atoms with Crippen molar-refractivity contribution in [2.75, 3.05) is 0 Å². The van der Waals surface area contributed by atoms with Gasteiger partial charge in [-0.3, -0.25) is 0 Å². The summed E-state index contributed by atoms with van der Waals surface area (Å²) in [5, 5.41) is 10.1. The number of benzene rings is 11. The molecule has 1 aliphatic carbocycles. The summed E-state index contributed by atoms with van der Waals surface area (Å²) in [6.45, 7) is 0. The smallest absolute Gasteiger partial charge is 0.0719 e. The third kappa shape index (κ3) is 5.10. The van der Waals surface area contributed by atoms with Crippen molar-refractivity contribution in [3.05, 3.63) is 253 Å². The molecule has 0 saturated carbocycles. The number of rotatable bonds is 5. The van der Waals surface area contributed by atoms with E-state index in [1.165, 1.54) is 132 Å². The van der Waals surface area contributed by atoms with E-state index in [0.717, 1.165) is 0 Å². The van der Waals surface area contributed by atoms with Gasteiger partial charge >= 0.3 is 0 Å². The van der Waals surface area contributed by atoms with Crippen molar-refractivity contribution in [3.63, 3.8) is 0 Å². The summed E-state index contributed by atoms with van der Waals surface area (Å²) in [6, 6.07) is 86.6. The lowest BCUT2D eigenvalue weighted by molar-refractivity contribution is 0.770. The van der Waals surface area contributed by atoms with Crippen molar-refractivity contribution in [1.82, 2.24) is 9.13 Å². The average Bonchev–Trinajstić information content (AvgIpc) is 3.99. The van der Waals surface area contributed by atoms with Gasteiger partial charge in [-0.2, -0.15) is 0 Å². The molecule has 0 amide bonds. The van der Waals surface area contributed by atoms with Gasteiger partial charge in [-0.05, 0) is 119 Å². The molecule has 0 aliphatic heterocycles. The highest BCUT2D eigenvalue weighted by Crippen LogP contribution is 2.60. The van der Waals surface area contributed by atoms with Crippen LogP contribution in [0.25, 0.3) is 110 Å². The van der Waals surface area contributed by atoms with Crippen LogP contribution in [0.5, 0.6) is 0 Å². The van der Waals surface area contributed by atoms with Gasteiger partial charge in [-0.25, -0.2) is 0 Å². The standard InChI is InChI=1S/C65H44N2/c1-66-57-36-13-10-25-51(57)62-46(31-18-38-59(62)66)43-27-15-29-48-54(43)40-55-44(47-32-19-39-60-63(47)52-26-11-14-37-58(52)67(60)2)28-16-30-49(55)61(48)53-34-17-33-50-45-24-9-12-35-56(45)65(64(50)53,41-20-5-3-6-21-41)42-22-7-4-8-23-42/h3-40H,1-2H3. The molecule has 2 heterocycles. The van der Waals surface area contributed by atoms with E-state index >= 15 is 0 Å². The molecule has 0 N–H and O–H groups in total. The molecular formula is C65H44N2. The van der Waals surface area contributed by atoms with E-state index in [0.29, 0.717) is 0 Å². The van der Waals surface area contributed by atoms with Crippen molar-refractivity contribution < 1.29 is 0 Å². The van der Waals surface area contributed by atoms with Crippen molar-refractivity contribution in [2.24, 2.45) is 14.1 Å². The Morgan fingerprint density at radius 2 is 0.672 bits per heavy atom. The Balaban J connectivity index is 1.18. The van der Waals surface area contributed by atoms with Gasteiger partial charge in [0.1, 0.15) is 0 Å². The molecular weight excluding hydrogens is 809 g/mol. The van der Waals surface area contributed by atoms with Gasteiger partial charge in [0.05, 0.1) is 5.41 Å². The fourth-order valence-electron chi connectivity index (χ4n) is 12.5. The molecule has 1 aliphatic rings. The molecule has 2 heteroatoms. The molecule has 0 unspecified atom stereocenters. The number of para-hydroxylation sites is 2. The summed E-state index contributed by atoms with van der Waals surface area (Å²) in [7, 11) is 4.39. The highest BCUT2D eigenvalue weighted by Gasteiger charge is 2.47. The van der Waals surface area contributed by atoms with Gasteiger partial charge in [-0.1, -0.05) is 200 Å². The minimum absolute atomic E-state index is 0.585. The van der Waals surface area contributed by atoms with Crippen LogP contribution < -0.4 is 0 Å². The van der Waals surface area contributed by atoms with Crippen LogP contribution in [0.4, 0.5) is 0 Å². The molecule has 2 aromatic heterocycles. The first-order chi connectivity index (χ1) is 33.1. The van der Waals surface area contributed by atoms with Crippen LogP contribution in [-0.2, 0) is 19.5 Å². The quantitative estimate of drug-likeness (QED) is 0.153. The minimum atomic E-state index is -0.585. The third-order valence-corrected chi connectivity index (χ3v) is 15.2. The molecule has 0 atom stereocenters. The first-order valence-electron chi connectivity index (χ1n) is 23.4. The lowest BCUT2D eigenvalue weighted by atomic mass is 9.65. The van der Waals surface area contributed by atoms with Crippen LogP contribution in [0.1, 0.15) is 22.3 Å². The van der Waals surface area contributed by atoms with Crippen molar-refractivity contribution in [3.8, 4) is 44.5 Å². The number of hydrogen-bond acceptors (Lipinski definition) is 0. The van der Waals surface area contributed by atoms with Gasteiger partial charge in [0.15, 0.2) is 0 Å². The van der Waals surface area contributed by atoms with E-state index in [-0.39, 0.29) is 0 Å². The van der Waals surface area contributed by atoms with E-state index in [1.54, 1.807) is 0 Å². The van der Waals surface area contributed by atoms with E-state index in [4.69, 9.17) is 0 Å². The van der Waals surface area contributed by atoms with Crippen LogP contribution in [0.2, 0.25) is 0 Å². The van der Waals surface area contributed by atoms with Gasteiger partial charge in [0.25, 0.3) is 0 Å². The molecule has 0 bridgehead atoms. The highest BCUT2D eigenvalue weighted by atomic mass is 14.9. The molecule has 314 valence electrons. The maximum absolute atomic E-state index is 2.52. The molecule has 2 nitrogen and oxygen atoms in total. The molecule has 67 heavy (non-hydrogen) atoms. The fourth-order valence-corrected chi connectivity index (χ4v) is 12.5. The van der Waals surface area contributed by atoms with E-state index in [9.17, 15) is 0 Å². The van der Waals surface area contributed by atoms with Gasteiger partial charge in [0, 0.05) is 57.7 Å². The molecule has 14 rings (SSSR count). The SMILES string of the molecule is Cn1c2ccccc2c2c(-c3cccc4c(-c5cccc6c5C(c5ccccc5)(c5ccccc5)c5ccccc5-6)c5cccc(-c6cccc7c6c6ccccc6n7C)c5cc34)cccc21. The second-order valence-electron chi connectivity index (χ2n) is 18.4. The summed E-state index contributed by atoms with van der Waals surface area (Å²) in [5.74, 6) is 0. The zero-order valence-electron chi connectivity index (χ0n) is 37.3. The molecule has 0 radical (unpaired) electrons. The molecule has 11 aromatic carbocycles. The van der Waals surface area contributed by atoms with Crippen LogP contribution in [0.15, 0.2) is 231 Å². The minimum Gasteiger partial charge on any atom is -0.344 e. The number of aromatic nitrogens is 2. The maximum Gasteiger partial charge on any atom is 0.0719 e. The van der Waals surface area contributed by atoms with Crippen LogP contribution in [0, 0.1) is 0 Å². The second-order valence-corrected chi connectivity index (χ2v) is 18.4. The Bertz CT molecular complexity index is 3950. The number of nitrogens with zero attached hydrogens (tertiary/aromatic N) is 2. The van der Waals surface area contributed by atoms with Crippen molar-refractivity contribution in [1.29, 1.82) is 0 Å². The predicted octanol–water partition coefficient (Wildman–Crippen LogP) is 16.6. The normalized spacial score (nSPS) is 13.0. The lowest BCUT2D eigenvalue weighted by Gasteiger charge is -2.35. The van der Waals surface area contributed by atoms with Gasteiger partial charge in [-0.15, -0.1) is 0 Å². The zero-order chi connectivity index (χ0) is 44.4. The fraction of sp³-hybridized carbons (Fsp3) is 0.0462. The average molecular weight is 853 g/mol. The topological polar surface area (TPSA) is 9.86 Å². The van der Waals surface area contributed by atoms with Crippen LogP contribution >= 0.6 is 0 Å². The van der Waals surface area contributed by atoms with E-state index < -0.39 is 5.41 Å². The van der Waals surface area contributed by atoms with Gasteiger partial charge in [0.2, 0.25) is 0 Å². The number of aryl methyl sites for hydroxylation is 2. The largest absolute Gasteiger partial charge is 0.344 e. The van der Waals surface area contributed by atoms with Crippen molar-refractivity contribution >= 4 is 65.2 Å². The molecule has 0 spiro atoms. The Labute approximate surface area is 389 Å². The highest BCUT2D eigenvalue weighted by molar-refractivity contribution is 6.25. The lowest BCUT2D eigenvalue weighted by Crippen LogP contribution is -2.29. The third-order valence-electron chi connectivity index (χ3n) is 15.2. The Morgan fingerprint density at radius 3 is 1.24 bits per heavy atom. The summed E-state index contributed by atoms with van der Waals surface area (Å²) in [5.41, 5.74) is 19.5. The van der Waals surface area contributed by atoms with Gasteiger partial charge < -0.3 is 9.13 Å². The van der Waals surface area contributed by atoms with E-state index in [2.05, 4.69) is 254 Å². The first kappa shape index (κ1) is 37.9. The Kier molecular flexibility index (Phi) is 8.06. The molecule has 0 fully saturated rings. The summed E-state index contributed by atoms with van der Waals surface area (Å²) in [6.07, 6.45) is 0. The van der Waals surface area contributed by atoms with Crippen LogP contribution in [0.3, 0.4) is 0 Å². The van der Waals surface area contributed by atoms with Crippen molar-refractivity contribution in [2.45, 2.75) is 5.41 Å². The summed E-state index contributed by atoms with van der Waals surface area (Å²) in [4.78, 5) is 0. The maximum atomic E-state index is 2.52. The predicted molar refractivity (Wildman–Crippen MR) is 283 cm³/mol. The monoisotopic (exact) mass is 852 g/mol. The number of fused-ring (bicyclic) bond motifs is 11.